The molecule has 2 saturated carbocycles. The smallest absolute Gasteiger partial charge is 0.237 e. The van der Waals surface area contributed by atoms with Crippen LogP contribution in [0, 0.1) is 5.92 Å². The van der Waals surface area contributed by atoms with Gasteiger partial charge in [-0.15, -0.1) is 0 Å². The minimum Gasteiger partial charge on any atom is -0.393 e. The highest BCUT2D eigenvalue weighted by Gasteiger charge is 2.26. The number of aliphatic hydroxyl groups is 1. The summed E-state index contributed by atoms with van der Waals surface area (Å²) in [6, 6.07) is 0.234. The van der Waals surface area contributed by atoms with Gasteiger partial charge < -0.3 is 15.7 Å². The van der Waals surface area contributed by atoms with Crippen LogP contribution in [0.4, 0.5) is 0 Å². The molecule has 3 N–H and O–H groups in total. The van der Waals surface area contributed by atoms with Gasteiger partial charge >= 0.3 is 0 Å². The van der Waals surface area contributed by atoms with Crippen molar-refractivity contribution in [1.82, 2.24) is 10.6 Å². The summed E-state index contributed by atoms with van der Waals surface area (Å²) < 4.78 is 0. The van der Waals surface area contributed by atoms with Crippen LogP contribution in [-0.4, -0.2) is 35.7 Å². The fourth-order valence-corrected chi connectivity index (χ4v) is 3.07. The molecule has 18 heavy (non-hydrogen) atoms. The lowest BCUT2D eigenvalue weighted by Crippen LogP contribution is -2.47. The van der Waals surface area contributed by atoms with E-state index in [1.54, 1.807) is 0 Å². The topological polar surface area (TPSA) is 61.4 Å². The summed E-state index contributed by atoms with van der Waals surface area (Å²) in [6.45, 7) is 2.66. The quantitative estimate of drug-likeness (QED) is 0.690. The van der Waals surface area contributed by atoms with Gasteiger partial charge in [0.2, 0.25) is 5.91 Å². The maximum Gasteiger partial charge on any atom is 0.237 e. The second kappa shape index (κ2) is 6.53. The fraction of sp³-hybridized carbons (Fsp3) is 0.929. The first-order valence-electron chi connectivity index (χ1n) is 7.38. The van der Waals surface area contributed by atoms with Crippen molar-refractivity contribution in [2.45, 2.75) is 70.1 Å². The molecule has 0 bridgehead atoms. The second-order valence-corrected chi connectivity index (χ2v) is 5.88. The summed E-state index contributed by atoms with van der Waals surface area (Å²) in [5.41, 5.74) is 0. The Bertz CT molecular complexity index is 277. The third-order valence-corrected chi connectivity index (χ3v) is 4.40. The minimum atomic E-state index is -0.178. The van der Waals surface area contributed by atoms with E-state index in [0.29, 0.717) is 12.0 Å². The fourth-order valence-electron chi connectivity index (χ4n) is 3.07. The van der Waals surface area contributed by atoms with Crippen molar-refractivity contribution in [3.05, 3.63) is 0 Å². The lowest BCUT2D eigenvalue weighted by atomic mass is 10.1. The van der Waals surface area contributed by atoms with Gasteiger partial charge in [0.15, 0.2) is 0 Å². The molecule has 2 fully saturated rings. The maximum absolute atomic E-state index is 11.9. The van der Waals surface area contributed by atoms with E-state index in [2.05, 4.69) is 10.6 Å². The van der Waals surface area contributed by atoms with Crippen LogP contribution in [0.2, 0.25) is 0 Å². The molecule has 0 radical (unpaired) electrons. The summed E-state index contributed by atoms with van der Waals surface area (Å²) >= 11 is 0. The number of amides is 1. The average molecular weight is 254 g/mol. The van der Waals surface area contributed by atoms with Crippen LogP contribution in [0.3, 0.4) is 0 Å². The van der Waals surface area contributed by atoms with Crippen molar-refractivity contribution in [1.29, 1.82) is 0 Å². The summed E-state index contributed by atoms with van der Waals surface area (Å²) in [7, 11) is 0. The first-order chi connectivity index (χ1) is 8.66. The van der Waals surface area contributed by atoms with E-state index < -0.39 is 0 Å². The summed E-state index contributed by atoms with van der Waals surface area (Å²) in [5, 5.41) is 16.1. The van der Waals surface area contributed by atoms with Crippen molar-refractivity contribution in [2.24, 2.45) is 5.92 Å². The standard InChI is InChI=1S/C14H26N2O2/c1-10(14(18)16-12-6-2-3-7-12)15-9-11-5-4-8-13(11)17/h10-13,15,17H,2-9H2,1H3,(H,16,18). The van der Waals surface area contributed by atoms with Crippen molar-refractivity contribution in [3.63, 3.8) is 0 Å². The Morgan fingerprint density at radius 2 is 1.94 bits per heavy atom. The number of aliphatic hydroxyl groups excluding tert-OH is 1. The van der Waals surface area contributed by atoms with Gasteiger partial charge in [-0.05, 0) is 38.5 Å². The molecule has 0 aliphatic heterocycles. The van der Waals surface area contributed by atoms with E-state index in [4.69, 9.17) is 0 Å². The van der Waals surface area contributed by atoms with Crippen LogP contribution in [0.5, 0.6) is 0 Å². The van der Waals surface area contributed by atoms with Crippen molar-refractivity contribution >= 4 is 5.91 Å². The van der Waals surface area contributed by atoms with Gasteiger partial charge in [0, 0.05) is 12.6 Å². The Morgan fingerprint density at radius 1 is 1.22 bits per heavy atom. The molecule has 3 unspecified atom stereocenters. The summed E-state index contributed by atoms with van der Waals surface area (Å²) in [4.78, 5) is 11.9. The van der Waals surface area contributed by atoms with E-state index in [1.165, 1.54) is 12.8 Å². The number of carbonyl (C=O) groups is 1. The zero-order valence-electron chi connectivity index (χ0n) is 11.3. The Balaban J connectivity index is 1.66. The first-order valence-corrected chi connectivity index (χ1v) is 7.38. The van der Waals surface area contributed by atoms with Gasteiger partial charge in [-0.25, -0.2) is 0 Å². The van der Waals surface area contributed by atoms with E-state index in [1.807, 2.05) is 6.92 Å². The van der Waals surface area contributed by atoms with E-state index in [9.17, 15) is 9.90 Å². The van der Waals surface area contributed by atoms with Crippen LogP contribution < -0.4 is 10.6 Å². The highest BCUT2D eigenvalue weighted by atomic mass is 16.3. The molecule has 2 aliphatic carbocycles. The van der Waals surface area contributed by atoms with Crippen LogP contribution in [0.25, 0.3) is 0 Å². The molecule has 3 atom stereocenters. The number of hydrogen-bond donors (Lipinski definition) is 3. The molecule has 0 heterocycles. The normalized spacial score (nSPS) is 30.6. The molecule has 1 amide bonds. The largest absolute Gasteiger partial charge is 0.393 e. The molecular formula is C14H26N2O2. The molecule has 0 aromatic carbocycles. The molecule has 0 spiro atoms. The predicted octanol–water partition coefficient (Wildman–Crippen LogP) is 1.18. The third-order valence-electron chi connectivity index (χ3n) is 4.40. The van der Waals surface area contributed by atoms with Crippen LogP contribution in [0.15, 0.2) is 0 Å². The van der Waals surface area contributed by atoms with Gasteiger partial charge in [0.1, 0.15) is 0 Å². The van der Waals surface area contributed by atoms with Crippen molar-refractivity contribution in [2.75, 3.05) is 6.54 Å². The van der Waals surface area contributed by atoms with Crippen LogP contribution >= 0.6 is 0 Å². The number of rotatable bonds is 5. The lowest BCUT2D eigenvalue weighted by Gasteiger charge is -2.21. The van der Waals surface area contributed by atoms with Crippen molar-refractivity contribution < 1.29 is 9.90 Å². The summed E-state index contributed by atoms with van der Waals surface area (Å²) in [5.74, 6) is 0.432. The molecule has 0 aromatic heterocycles. The number of carbonyl (C=O) groups excluding carboxylic acids is 1. The molecular weight excluding hydrogens is 228 g/mol. The Kier molecular flexibility index (Phi) is 5.01. The molecule has 0 saturated heterocycles. The lowest BCUT2D eigenvalue weighted by molar-refractivity contribution is -0.123. The highest BCUT2D eigenvalue weighted by molar-refractivity contribution is 5.81. The number of hydrogen-bond acceptors (Lipinski definition) is 3. The molecule has 4 heteroatoms. The molecule has 4 nitrogen and oxygen atoms in total. The van der Waals surface area contributed by atoms with Crippen LogP contribution in [-0.2, 0) is 4.79 Å². The average Bonchev–Trinajstić information content (AvgIpc) is 2.98. The van der Waals surface area contributed by atoms with E-state index in [-0.39, 0.29) is 18.1 Å². The Morgan fingerprint density at radius 3 is 2.56 bits per heavy atom. The monoisotopic (exact) mass is 254 g/mol. The summed E-state index contributed by atoms with van der Waals surface area (Å²) in [6.07, 6.45) is 7.64. The van der Waals surface area contributed by atoms with Crippen LogP contribution in [0.1, 0.15) is 51.9 Å². The molecule has 2 rings (SSSR count). The molecule has 104 valence electrons. The zero-order chi connectivity index (χ0) is 13.0. The van der Waals surface area contributed by atoms with Gasteiger partial charge in [0.25, 0.3) is 0 Å². The minimum absolute atomic E-state index is 0.106. The molecule has 2 aliphatic rings. The zero-order valence-corrected chi connectivity index (χ0v) is 11.3. The second-order valence-electron chi connectivity index (χ2n) is 5.88. The molecule has 0 aromatic rings. The number of nitrogens with one attached hydrogen (secondary N) is 2. The maximum atomic E-state index is 11.9. The van der Waals surface area contributed by atoms with Crippen molar-refractivity contribution in [3.8, 4) is 0 Å². The van der Waals surface area contributed by atoms with E-state index >= 15 is 0 Å². The Hall–Kier alpha value is -0.610. The predicted molar refractivity (Wildman–Crippen MR) is 71.2 cm³/mol. The first kappa shape index (κ1) is 13.8. The highest BCUT2D eigenvalue weighted by Crippen LogP contribution is 2.24. The van der Waals surface area contributed by atoms with Gasteiger partial charge in [-0.2, -0.15) is 0 Å². The Labute approximate surface area is 110 Å². The van der Waals surface area contributed by atoms with Gasteiger partial charge in [0.05, 0.1) is 12.1 Å². The third kappa shape index (κ3) is 3.69. The van der Waals surface area contributed by atoms with Gasteiger partial charge in [-0.3, -0.25) is 4.79 Å². The van der Waals surface area contributed by atoms with E-state index in [0.717, 1.165) is 38.6 Å². The SMILES string of the molecule is CC(NCC1CCCC1O)C(=O)NC1CCCC1. The van der Waals surface area contributed by atoms with Gasteiger partial charge in [-0.1, -0.05) is 19.3 Å².